The van der Waals surface area contributed by atoms with Crippen molar-refractivity contribution >= 4 is 17.2 Å². The van der Waals surface area contributed by atoms with Crippen LogP contribution in [-0.2, 0) is 0 Å². The third-order valence-electron chi connectivity index (χ3n) is 4.51. The van der Waals surface area contributed by atoms with E-state index in [4.69, 9.17) is 10.2 Å². The number of nitrogens with zero attached hydrogens (tertiary/aromatic N) is 4. The fourth-order valence-corrected chi connectivity index (χ4v) is 3.20. The number of pyridine rings is 1. The zero-order valence-corrected chi connectivity index (χ0v) is 13.5. The number of nitrogens with two attached hydrogens (primary N) is 1. The Morgan fingerprint density at radius 2 is 2.29 bits per heavy atom. The van der Waals surface area contributed by atoms with E-state index in [1.165, 1.54) is 6.42 Å². The number of hydrogen-bond donors (Lipinski definition) is 1. The highest BCUT2D eigenvalue weighted by molar-refractivity contribution is 5.96. The molecule has 0 saturated carbocycles. The van der Waals surface area contributed by atoms with E-state index in [1.54, 1.807) is 35.2 Å². The number of aromatic nitrogens is 3. The number of hydrogen-bond acceptors (Lipinski definition) is 5. The fraction of sp³-hybridized carbons (Fsp3) is 0.353. The Hall–Kier alpha value is -2.83. The van der Waals surface area contributed by atoms with Crippen molar-refractivity contribution in [2.75, 3.05) is 12.3 Å². The summed E-state index contributed by atoms with van der Waals surface area (Å²) in [7, 11) is 0. The molecule has 4 heterocycles. The predicted molar refractivity (Wildman–Crippen MR) is 89.5 cm³/mol. The van der Waals surface area contributed by atoms with Crippen LogP contribution in [0.1, 0.15) is 36.5 Å². The quantitative estimate of drug-likeness (QED) is 0.782. The average Bonchev–Trinajstić information content (AvgIpc) is 3.23. The third-order valence-corrected chi connectivity index (χ3v) is 4.51. The molecular weight excluding hydrogens is 306 g/mol. The van der Waals surface area contributed by atoms with E-state index in [0.29, 0.717) is 28.5 Å². The Morgan fingerprint density at radius 3 is 3.04 bits per heavy atom. The number of piperidine rings is 1. The molecule has 0 aromatic carbocycles. The van der Waals surface area contributed by atoms with E-state index < -0.39 is 0 Å². The maximum Gasteiger partial charge on any atom is 0.255 e. The molecule has 7 nitrogen and oxygen atoms in total. The highest BCUT2D eigenvalue weighted by Gasteiger charge is 2.25. The summed E-state index contributed by atoms with van der Waals surface area (Å²) in [4.78, 5) is 19.1. The molecule has 2 N–H and O–H groups in total. The molecule has 0 spiro atoms. The van der Waals surface area contributed by atoms with Crippen LogP contribution < -0.4 is 5.73 Å². The van der Waals surface area contributed by atoms with E-state index in [1.807, 2.05) is 4.90 Å². The van der Waals surface area contributed by atoms with Gasteiger partial charge in [0.1, 0.15) is 0 Å². The summed E-state index contributed by atoms with van der Waals surface area (Å²) in [6.45, 7) is 2.87. The van der Waals surface area contributed by atoms with Crippen molar-refractivity contribution in [2.24, 2.45) is 0 Å². The molecule has 0 aliphatic carbocycles. The van der Waals surface area contributed by atoms with Crippen molar-refractivity contribution in [3.63, 3.8) is 0 Å². The Bertz CT molecular complexity index is 884. The third kappa shape index (κ3) is 2.42. The van der Waals surface area contributed by atoms with Gasteiger partial charge >= 0.3 is 0 Å². The van der Waals surface area contributed by atoms with Crippen molar-refractivity contribution in [3.05, 3.63) is 36.2 Å². The minimum atomic E-state index is -0.00847. The normalized spacial score (nSPS) is 18.2. The summed E-state index contributed by atoms with van der Waals surface area (Å²) in [5, 5.41) is 4.38. The molecule has 1 aliphatic rings. The highest BCUT2D eigenvalue weighted by Crippen LogP contribution is 2.23. The molecule has 24 heavy (non-hydrogen) atoms. The van der Waals surface area contributed by atoms with Crippen LogP contribution in [0.25, 0.3) is 17.2 Å². The molecule has 4 rings (SSSR count). The van der Waals surface area contributed by atoms with Crippen molar-refractivity contribution in [3.8, 4) is 11.6 Å². The molecule has 0 radical (unpaired) electrons. The van der Waals surface area contributed by atoms with E-state index in [2.05, 4.69) is 17.0 Å². The first-order valence-corrected chi connectivity index (χ1v) is 8.14. The molecule has 1 fully saturated rings. The SMILES string of the molecule is CC1CCCCN1C(=O)c1cc(N)c2nc(-c3ccco3)nn2c1. The number of amides is 1. The smallest absolute Gasteiger partial charge is 0.255 e. The maximum absolute atomic E-state index is 12.8. The molecule has 0 bridgehead atoms. The van der Waals surface area contributed by atoms with Gasteiger partial charge in [-0.05, 0) is 44.4 Å². The monoisotopic (exact) mass is 325 g/mol. The summed E-state index contributed by atoms with van der Waals surface area (Å²) in [5.41, 5.74) is 7.58. The van der Waals surface area contributed by atoms with Crippen molar-refractivity contribution in [1.82, 2.24) is 19.5 Å². The molecule has 1 saturated heterocycles. The summed E-state index contributed by atoms with van der Waals surface area (Å²) >= 11 is 0. The number of carbonyl (C=O) groups excluding carboxylic acids is 1. The second-order valence-corrected chi connectivity index (χ2v) is 6.21. The van der Waals surface area contributed by atoms with Crippen LogP contribution in [-0.4, -0.2) is 38.0 Å². The lowest BCUT2D eigenvalue weighted by atomic mass is 10.0. The molecule has 3 aromatic rings. The van der Waals surface area contributed by atoms with Gasteiger partial charge in [0.25, 0.3) is 5.91 Å². The largest absolute Gasteiger partial charge is 0.461 e. The van der Waals surface area contributed by atoms with Crippen molar-refractivity contribution < 1.29 is 9.21 Å². The van der Waals surface area contributed by atoms with Gasteiger partial charge in [-0.1, -0.05) is 0 Å². The highest BCUT2D eigenvalue weighted by atomic mass is 16.3. The topological polar surface area (TPSA) is 89.7 Å². The van der Waals surface area contributed by atoms with Crippen molar-refractivity contribution in [2.45, 2.75) is 32.2 Å². The lowest BCUT2D eigenvalue weighted by molar-refractivity contribution is 0.0635. The molecule has 3 aromatic heterocycles. The van der Waals surface area contributed by atoms with Crippen LogP contribution >= 0.6 is 0 Å². The van der Waals surface area contributed by atoms with Gasteiger partial charge < -0.3 is 15.1 Å². The molecule has 1 atom stereocenters. The van der Waals surface area contributed by atoms with Gasteiger partial charge in [0, 0.05) is 18.8 Å². The molecule has 1 aliphatic heterocycles. The van der Waals surface area contributed by atoms with E-state index in [0.717, 1.165) is 19.4 Å². The van der Waals surface area contributed by atoms with Crippen LogP contribution in [0.3, 0.4) is 0 Å². The van der Waals surface area contributed by atoms with Gasteiger partial charge in [0.05, 0.1) is 17.5 Å². The van der Waals surface area contributed by atoms with E-state index in [9.17, 15) is 4.79 Å². The lowest BCUT2D eigenvalue weighted by Crippen LogP contribution is -2.42. The maximum atomic E-state index is 12.8. The molecule has 1 unspecified atom stereocenters. The standard InChI is InChI=1S/C17H19N5O2/c1-11-5-2-3-7-21(11)17(23)12-9-13(18)16-19-15(20-22(16)10-12)14-6-4-8-24-14/h4,6,8-11H,2-3,5,7,18H2,1H3. The van der Waals surface area contributed by atoms with Crippen LogP contribution in [0, 0.1) is 0 Å². The zero-order chi connectivity index (χ0) is 16.7. The van der Waals surface area contributed by atoms with Gasteiger partial charge in [-0.15, -0.1) is 5.10 Å². The average molecular weight is 325 g/mol. The Kier molecular flexibility index (Phi) is 3.48. The number of nitrogen functional groups attached to an aromatic ring is 1. The van der Waals surface area contributed by atoms with Gasteiger partial charge in [-0.25, -0.2) is 9.50 Å². The van der Waals surface area contributed by atoms with Gasteiger partial charge in [0.15, 0.2) is 11.4 Å². The Labute approximate surface area is 139 Å². The lowest BCUT2D eigenvalue weighted by Gasteiger charge is -2.33. The fourth-order valence-electron chi connectivity index (χ4n) is 3.20. The molecule has 7 heteroatoms. The van der Waals surface area contributed by atoms with E-state index in [-0.39, 0.29) is 11.9 Å². The minimum absolute atomic E-state index is 0.00847. The number of rotatable bonds is 2. The Morgan fingerprint density at radius 1 is 1.42 bits per heavy atom. The first kappa shape index (κ1) is 14.7. The zero-order valence-electron chi connectivity index (χ0n) is 13.5. The Balaban J connectivity index is 1.73. The van der Waals surface area contributed by atoms with Gasteiger partial charge in [-0.2, -0.15) is 0 Å². The van der Waals surface area contributed by atoms with Crippen LogP contribution in [0.15, 0.2) is 35.1 Å². The second kappa shape index (κ2) is 5.67. The van der Waals surface area contributed by atoms with E-state index >= 15 is 0 Å². The van der Waals surface area contributed by atoms with Crippen LogP contribution in [0.5, 0.6) is 0 Å². The number of fused-ring (bicyclic) bond motifs is 1. The minimum Gasteiger partial charge on any atom is -0.461 e. The first-order valence-electron chi connectivity index (χ1n) is 8.14. The number of carbonyl (C=O) groups is 1. The van der Waals surface area contributed by atoms with Gasteiger partial charge in [0.2, 0.25) is 5.82 Å². The number of likely N-dealkylation sites (tertiary alicyclic amines) is 1. The van der Waals surface area contributed by atoms with Gasteiger partial charge in [-0.3, -0.25) is 4.79 Å². The second-order valence-electron chi connectivity index (χ2n) is 6.21. The molecule has 1 amide bonds. The predicted octanol–water partition coefficient (Wildman–Crippen LogP) is 2.59. The van der Waals surface area contributed by atoms with Crippen LogP contribution in [0.2, 0.25) is 0 Å². The number of furan rings is 1. The summed E-state index contributed by atoms with van der Waals surface area (Å²) in [6, 6.07) is 5.49. The first-order chi connectivity index (χ1) is 11.6. The molecule has 124 valence electrons. The summed E-state index contributed by atoms with van der Waals surface area (Å²) in [6.07, 6.45) is 6.50. The summed E-state index contributed by atoms with van der Waals surface area (Å²) in [5.74, 6) is 1.00. The molecular formula is C17H19N5O2. The number of anilines is 1. The van der Waals surface area contributed by atoms with Crippen molar-refractivity contribution in [1.29, 1.82) is 0 Å². The van der Waals surface area contributed by atoms with Crippen LogP contribution in [0.4, 0.5) is 5.69 Å². The summed E-state index contributed by atoms with van der Waals surface area (Å²) < 4.78 is 6.87.